The first-order valence-corrected chi connectivity index (χ1v) is 4.50. The summed E-state index contributed by atoms with van der Waals surface area (Å²) in [6, 6.07) is 4.83. The van der Waals surface area contributed by atoms with Crippen molar-refractivity contribution in [3.63, 3.8) is 0 Å². The summed E-state index contributed by atoms with van der Waals surface area (Å²) < 4.78 is 4.69. The summed E-state index contributed by atoms with van der Waals surface area (Å²) in [5.41, 5.74) is 6.52. The molecule has 0 saturated carbocycles. The maximum atomic E-state index is 11.0. The van der Waals surface area contributed by atoms with E-state index < -0.39 is 6.09 Å². The van der Waals surface area contributed by atoms with Crippen LogP contribution in [0.25, 0.3) is 0 Å². The molecule has 14 heavy (non-hydrogen) atoms. The number of benzene rings is 1. The Morgan fingerprint density at radius 1 is 1.64 bits per heavy atom. The molecule has 0 aliphatic heterocycles. The summed E-state index contributed by atoms with van der Waals surface area (Å²) >= 11 is 5.71. The Labute approximate surface area is 87.0 Å². The van der Waals surface area contributed by atoms with Crippen LogP contribution in [-0.4, -0.2) is 12.7 Å². The molecule has 5 heteroatoms. The predicted octanol–water partition coefficient (Wildman–Crippen LogP) is 2.49. The molecule has 1 rings (SSSR count). The summed E-state index contributed by atoms with van der Waals surface area (Å²) in [6.45, 7) is 2.06. The van der Waals surface area contributed by atoms with E-state index in [0.717, 1.165) is 0 Å². The second kappa shape index (κ2) is 4.72. The highest BCUT2D eigenvalue weighted by Crippen LogP contribution is 2.22. The van der Waals surface area contributed by atoms with Gasteiger partial charge in [0.2, 0.25) is 0 Å². The lowest BCUT2D eigenvalue weighted by Gasteiger charge is -2.06. The van der Waals surface area contributed by atoms with Crippen molar-refractivity contribution in [2.75, 3.05) is 17.7 Å². The Balaban J connectivity index is 2.68. The van der Waals surface area contributed by atoms with Crippen molar-refractivity contribution in [3.8, 4) is 0 Å². The van der Waals surface area contributed by atoms with E-state index in [2.05, 4.69) is 5.32 Å². The zero-order chi connectivity index (χ0) is 10.6. The fraction of sp³-hybridized carbons (Fsp3) is 0.222. The third-order valence-corrected chi connectivity index (χ3v) is 1.86. The molecule has 0 aliphatic carbocycles. The third-order valence-electron chi connectivity index (χ3n) is 1.52. The quantitative estimate of drug-likeness (QED) is 0.744. The number of halogens is 1. The second-order valence-corrected chi connectivity index (χ2v) is 2.99. The molecule has 76 valence electrons. The van der Waals surface area contributed by atoms with Gasteiger partial charge in [0, 0.05) is 5.69 Å². The van der Waals surface area contributed by atoms with Crippen LogP contribution >= 0.6 is 11.6 Å². The average molecular weight is 215 g/mol. The third kappa shape index (κ3) is 2.81. The van der Waals surface area contributed by atoms with Crippen LogP contribution in [0.15, 0.2) is 18.2 Å². The van der Waals surface area contributed by atoms with Crippen molar-refractivity contribution in [3.05, 3.63) is 23.2 Å². The highest BCUT2D eigenvalue weighted by Gasteiger charge is 2.03. The Morgan fingerprint density at radius 2 is 2.36 bits per heavy atom. The van der Waals surface area contributed by atoms with Gasteiger partial charge in [-0.15, -0.1) is 0 Å². The maximum Gasteiger partial charge on any atom is 0.411 e. The molecule has 1 aromatic carbocycles. The molecule has 0 radical (unpaired) electrons. The zero-order valence-corrected chi connectivity index (χ0v) is 8.47. The van der Waals surface area contributed by atoms with Gasteiger partial charge in [0.05, 0.1) is 17.3 Å². The van der Waals surface area contributed by atoms with E-state index in [4.69, 9.17) is 22.1 Å². The van der Waals surface area contributed by atoms with E-state index in [1.165, 1.54) is 0 Å². The van der Waals surface area contributed by atoms with Crippen LogP contribution < -0.4 is 11.1 Å². The van der Waals surface area contributed by atoms with Crippen molar-refractivity contribution >= 4 is 29.1 Å². The topological polar surface area (TPSA) is 64.3 Å². The van der Waals surface area contributed by atoms with E-state index in [-0.39, 0.29) is 0 Å². The number of amides is 1. The lowest BCUT2D eigenvalue weighted by Crippen LogP contribution is -2.13. The number of hydrogen-bond donors (Lipinski definition) is 2. The molecule has 0 unspecified atom stereocenters. The molecular weight excluding hydrogens is 204 g/mol. The van der Waals surface area contributed by atoms with Crippen molar-refractivity contribution in [2.45, 2.75) is 6.92 Å². The number of nitrogen functional groups attached to an aromatic ring is 1. The van der Waals surface area contributed by atoms with Crippen molar-refractivity contribution in [1.29, 1.82) is 0 Å². The predicted molar refractivity (Wildman–Crippen MR) is 56.5 cm³/mol. The van der Waals surface area contributed by atoms with Gasteiger partial charge in [0.15, 0.2) is 0 Å². The van der Waals surface area contributed by atoms with Gasteiger partial charge in [-0.05, 0) is 25.1 Å². The molecular formula is C9H11ClN2O2. The summed E-state index contributed by atoms with van der Waals surface area (Å²) in [4.78, 5) is 11.0. The maximum absolute atomic E-state index is 11.0. The number of carbonyl (C=O) groups is 1. The van der Waals surface area contributed by atoms with Crippen LogP contribution in [-0.2, 0) is 4.74 Å². The number of rotatable bonds is 2. The first-order valence-electron chi connectivity index (χ1n) is 4.12. The van der Waals surface area contributed by atoms with Gasteiger partial charge in [0.25, 0.3) is 0 Å². The Bertz CT molecular complexity index is 342. The van der Waals surface area contributed by atoms with Gasteiger partial charge in [-0.25, -0.2) is 4.79 Å². The molecule has 1 amide bonds. The van der Waals surface area contributed by atoms with E-state index >= 15 is 0 Å². The highest BCUT2D eigenvalue weighted by molar-refractivity contribution is 6.33. The highest BCUT2D eigenvalue weighted by atomic mass is 35.5. The first kappa shape index (κ1) is 10.7. The molecule has 0 bridgehead atoms. The summed E-state index contributed by atoms with van der Waals surface area (Å²) in [5.74, 6) is 0. The first-order chi connectivity index (χ1) is 6.63. The SMILES string of the molecule is CCOC(=O)Nc1ccc(Cl)c(N)c1. The second-order valence-electron chi connectivity index (χ2n) is 2.58. The summed E-state index contributed by atoms with van der Waals surface area (Å²) in [5, 5.41) is 2.97. The van der Waals surface area contributed by atoms with Crippen LogP contribution in [0, 0.1) is 0 Å². The van der Waals surface area contributed by atoms with Crippen LogP contribution in [0.1, 0.15) is 6.92 Å². The van der Waals surface area contributed by atoms with Gasteiger partial charge in [-0.1, -0.05) is 11.6 Å². The number of carbonyl (C=O) groups excluding carboxylic acids is 1. The van der Waals surface area contributed by atoms with E-state index in [9.17, 15) is 4.79 Å². The summed E-state index contributed by atoms with van der Waals surface area (Å²) in [7, 11) is 0. The monoisotopic (exact) mass is 214 g/mol. The normalized spacial score (nSPS) is 9.57. The lowest BCUT2D eigenvalue weighted by molar-refractivity contribution is 0.168. The molecule has 0 heterocycles. The standard InChI is InChI=1S/C9H11ClN2O2/c1-2-14-9(13)12-6-3-4-7(10)8(11)5-6/h3-5H,2,11H2,1H3,(H,12,13). The molecule has 0 saturated heterocycles. The number of nitrogens with two attached hydrogens (primary N) is 1. The Morgan fingerprint density at radius 3 is 2.93 bits per heavy atom. The molecule has 0 spiro atoms. The van der Waals surface area contributed by atoms with E-state index in [1.807, 2.05) is 0 Å². The summed E-state index contributed by atoms with van der Waals surface area (Å²) in [6.07, 6.45) is -0.505. The van der Waals surface area contributed by atoms with Gasteiger partial charge < -0.3 is 10.5 Å². The molecule has 4 nitrogen and oxygen atoms in total. The van der Waals surface area contributed by atoms with E-state index in [0.29, 0.717) is 23.0 Å². The van der Waals surface area contributed by atoms with Crippen LogP contribution in [0.4, 0.5) is 16.2 Å². The smallest absolute Gasteiger partial charge is 0.411 e. The Hall–Kier alpha value is -1.42. The lowest BCUT2D eigenvalue weighted by atomic mass is 10.3. The molecule has 1 aromatic rings. The molecule has 0 aromatic heterocycles. The van der Waals surface area contributed by atoms with Gasteiger partial charge >= 0.3 is 6.09 Å². The van der Waals surface area contributed by atoms with Crippen LogP contribution in [0.5, 0.6) is 0 Å². The van der Waals surface area contributed by atoms with Crippen molar-refractivity contribution in [1.82, 2.24) is 0 Å². The fourth-order valence-electron chi connectivity index (χ4n) is 0.907. The number of nitrogens with one attached hydrogen (secondary N) is 1. The zero-order valence-electron chi connectivity index (χ0n) is 7.71. The minimum atomic E-state index is -0.505. The average Bonchev–Trinajstić information content (AvgIpc) is 2.12. The molecule has 0 atom stereocenters. The van der Waals surface area contributed by atoms with Gasteiger partial charge in [-0.2, -0.15) is 0 Å². The molecule has 0 aliphatic rings. The van der Waals surface area contributed by atoms with Crippen molar-refractivity contribution in [2.24, 2.45) is 0 Å². The van der Waals surface area contributed by atoms with Crippen molar-refractivity contribution < 1.29 is 9.53 Å². The number of ether oxygens (including phenoxy) is 1. The largest absolute Gasteiger partial charge is 0.450 e. The number of anilines is 2. The van der Waals surface area contributed by atoms with Gasteiger partial charge in [0.1, 0.15) is 0 Å². The fourth-order valence-corrected chi connectivity index (χ4v) is 1.02. The van der Waals surface area contributed by atoms with E-state index in [1.54, 1.807) is 25.1 Å². The van der Waals surface area contributed by atoms with Gasteiger partial charge in [-0.3, -0.25) is 5.32 Å². The molecule has 3 N–H and O–H groups in total. The van der Waals surface area contributed by atoms with Crippen LogP contribution in [0.3, 0.4) is 0 Å². The minimum absolute atomic E-state index is 0.328. The molecule has 0 fully saturated rings. The number of hydrogen-bond acceptors (Lipinski definition) is 3. The minimum Gasteiger partial charge on any atom is -0.450 e. The van der Waals surface area contributed by atoms with Crippen LogP contribution in [0.2, 0.25) is 5.02 Å². The Kier molecular flexibility index (Phi) is 3.59.